The summed E-state index contributed by atoms with van der Waals surface area (Å²) >= 11 is 0. The Bertz CT molecular complexity index is 792. The third-order valence-corrected chi connectivity index (χ3v) is 5.82. The smallest absolute Gasteiger partial charge is 0.223 e. The number of hydrogen-bond acceptors (Lipinski definition) is 3. The van der Waals surface area contributed by atoms with Crippen molar-refractivity contribution in [1.82, 2.24) is 9.80 Å². The molecule has 1 N–H and O–H groups in total. The van der Waals surface area contributed by atoms with E-state index in [4.69, 9.17) is 0 Å². The number of carbonyl (C=O) groups excluding carboxylic acids is 1. The van der Waals surface area contributed by atoms with E-state index in [2.05, 4.69) is 43.0 Å². The zero-order valence-corrected chi connectivity index (χ0v) is 17.3. The summed E-state index contributed by atoms with van der Waals surface area (Å²) in [5, 5.41) is 11.0. The van der Waals surface area contributed by atoms with Crippen molar-refractivity contribution in [2.45, 2.75) is 44.8 Å². The molecule has 0 unspecified atom stereocenters. The van der Waals surface area contributed by atoms with Crippen LogP contribution in [0.4, 0.5) is 0 Å². The lowest BCUT2D eigenvalue weighted by atomic mass is 9.93. The molecular weight excluding hydrogens is 348 g/mol. The molecule has 0 radical (unpaired) electrons. The van der Waals surface area contributed by atoms with Crippen LogP contribution < -0.4 is 0 Å². The Balaban J connectivity index is 1.52. The molecule has 0 saturated carbocycles. The normalized spacial score (nSPS) is 20.9. The van der Waals surface area contributed by atoms with E-state index in [1.165, 1.54) is 16.7 Å². The molecule has 0 aromatic heterocycles. The van der Waals surface area contributed by atoms with Crippen molar-refractivity contribution < 1.29 is 9.90 Å². The summed E-state index contributed by atoms with van der Waals surface area (Å²) in [4.78, 5) is 16.7. The molecule has 2 aromatic carbocycles. The predicted octanol–water partition coefficient (Wildman–Crippen LogP) is 3.58. The summed E-state index contributed by atoms with van der Waals surface area (Å²) in [6.07, 6.45) is 1.16. The minimum Gasteiger partial charge on any atom is -0.387 e. The number of aliphatic hydroxyl groups is 1. The van der Waals surface area contributed by atoms with Crippen LogP contribution in [0.2, 0.25) is 0 Å². The summed E-state index contributed by atoms with van der Waals surface area (Å²) in [5.41, 5.74) is 2.86. The molecule has 3 rings (SSSR count). The first-order valence-corrected chi connectivity index (χ1v) is 10.1. The molecule has 0 aliphatic carbocycles. The van der Waals surface area contributed by atoms with Crippen molar-refractivity contribution in [3.63, 3.8) is 0 Å². The van der Waals surface area contributed by atoms with Gasteiger partial charge in [0, 0.05) is 33.1 Å². The first-order valence-electron chi connectivity index (χ1n) is 10.1. The van der Waals surface area contributed by atoms with Crippen LogP contribution in [-0.4, -0.2) is 53.1 Å². The molecule has 0 spiro atoms. The van der Waals surface area contributed by atoms with Crippen molar-refractivity contribution in [2.24, 2.45) is 0 Å². The highest BCUT2D eigenvalue weighted by Crippen LogP contribution is 2.26. The fraction of sp³-hybridized carbons (Fsp3) is 0.458. The molecule has 150 valence electrons. The van der Waals surface area contributed by atoms with E-state index in [0.29, 0.717) is 25.9 Å². The van der Waals surface area contributed by atoms with Gasteiger partial charge in [0.1, 0.15) is 0 Å². The summed E-state index contributed by atoms with van der Waals surface area (Å²) in [7, 11) is 1.81. The zero-order chi connectivity index (χ0) is 20.1. The second-order valence-corrected chi connectivity index (χ2v) is 8.38. The highest BCUT2D eigenvalue weighted by atomic mass is 16.3. The lowest BCUT2D eigenvalue weighted by Crippen LogP contribution is -2.45. The number of likely N-dealkylation sites (N-methyl/N-ethyl adjacent to an activating group) is 1. The number of likely N-dealkylation sites (tertiary alicyclic amines) is 1. The van der Waals surface area contributed by atoms with Gasteiger partial charge in [-0.1, -0.05) is 61.5 Å². The summed E-state index contributed by atoms with van der Waals surface area (Å²) in [5.74, 6) is 0.259. The molecule has 1 amide bonds. The molecule has 0 bridgehead atoms. The minimum absolute atomic E-state index is 0.0886. The molecular formula is C24H32N2O2. The molecule has 4 heteroatoms. The standard InChI is InChI=1S/C24H32N2O2/c1-19-9-7-8-12-22(19)20(2)15-23(27)25(3)17-24(28)13-14-26(18-24)16-21-10-5-4-6-11-21/h4-12,20,28H,13-18H2,1-3H3/t20-,24+/m1/s1. The Morgan fingerprint density at radius 1 is 1.18 bits per heavy atom. The molecule has 1 heterocycles. The van der Waals surface area contributed by atoms with E-state index in [1.54, 1.807) is 4.90 Å². The first kappa shape index (κ1) is 20.6. The van der Waals surface area contributed by atoms with E-state index in [1.807, 2.05) is 37.4 Å². The van der Waals surface area contributed by atoms with Gasteiger partial charge >= 0.3 is 0 Å². The number of nitrogens with zero attached hydrogens (tertiary/aromatic N) is 2. The van der Waals surface area contributed by atoms with Gasteiger partial charge in [-0.15, -0.1) is 0 Å². The predicted molar refractivity (Wildman–Crippen MR) is 113 cm³/mol. The van der Waals surface area contributed by atoms with Gasteiger partial charge in [-0.25, -0.2) is 0 Å². The quantitative estimate of drug-likeness (QED) is 0.798. The van der Waals surface area contributed by atoms with Crippen LogP contribution in [0.15, 0.2) is 54.6 Å². The average molecular weight is 381 g/mol. The van der Waals surface area contributed by atoms with Crippen LogP contribution in [0.1, 0.15) is 42.4 Å². The highest BCUT2D eigenvalue weighted by Gasteiger charge is 2.37. The topological polar surface area (TPSA) is 43.8 Å². The Morgan fingerprint density at radius 3 is 2.57 bits per heavy atom. The zero-order valence-electron chi connectivity index (χ0n) is 17.3. The van der Waals surface area contributed by atoms with Crippen molar-refractivity contribution in [3.05, 3.63) is 71.3 Å². The van der Waals surface area contributed by atoms with Crippen LogP contribution in [0, 0.1) is 6.92 Å². The van der Waals surface area contributed by atoms with Gasteiger partial charge < -0.3 is 10.0 Å². The molecule has 2 aromatic rings. The SMILES string of the molecule is Cc1ccccc1[C@H](C)CC(=O)N(C)C[C@@]1(O)CCN(Cc2ccccc2)C1. The average Bonchev–Trinajstić information content (AvgIpc) is 3.03. The van der Waals surface area contributed by atoms with E-state index in [9.17, 15) is 9.90 Å². The van der Waals surface area contributed by atoms with Crippen molar-refractivity contribution >= 4 is 5.91 Å². The number of hydrogen-bond donors (Lipinski definition) is 1. The Labute approximate surface area is 168 Å². The second-order valence-electron chi connectivity index (χ2n) is 8.38. The summed E-state index contributed by atoms with van der Waals surface area (Å²) in [6, 6.07) is 18.6. The fourth-order valence-electron chi connectivity index (χ4n) is 4.24. The molecule has 1 saturated heterocycles. The summed E-state index contributed by atoms with van der Waals surface area (Å²) < 4.78 is 0. The van der Waals surface area contributed by atoms with Gasteiger partial charge in [0.05, 0.1) is 12.1 Å². The maximum Gasteiger partial charge on any atom is 0.223 e. The fourth-order valence-corrected chi connectivity index (χ4v) is 4.24. The Kier molecular flexibility index (Phi) is 6.53. The number of rotatable bonds is 7. The van der Waals surface area contributed by atoms with Crippen LogP contribution in [-0.2, 0) is 11.3 Å². The minimum atomic E-state index is -0.828. The monoisotopic (exact) mass is 380 g/mol. The second kappa shape index (κ2) is 8.89. The Hall–Kier alpha value is -2.17. The van der Waals surface area contributed by atoms with Gasteiger partial charge in [0.2, 0.25) is 5.91 Å². The largest absolute Gasteiger partial charge is 0.387 e. The van der Waals surface area contributed by atoms with Gasteiger partial charge in [-0.3, -0.25) is 9.69 Å². The molecule has 28 heavy (non-hydrogen) atoms. The van der Waals surface area contributed by atoms with E-state index >= 15 is 0 Å². The van der Waals surface area contributed by atoms with Crippen LogP contribution in [0.5, 0.6) is 0 Å². The molecule has 1 aliphatic heterocycles. The lowest BCUT2D eigenvalue weighted by molar-refractivity contribution is -0.133. The number of amides is 1. The third kappa shape index (κ3) is 5.21. The van der Waals surface area contributed by atoms with Crippen molar-refractivity contribution in [2.75, 3.05) is 26.7 Å². The molecule has 2 atom stereocenters. The number of aryl methyl sites for hydroxylation is 1. The third-order valence-electron chi connectivity index (χ3n) is 5.82. The van der Waals surface area contributed by atoms with Gasteiger partial charge in [0.25, 0.3) is 0 Å². The summed E-state index contributed by atoms with van der Waals surface area (Å²) in [6.45, 7) is 6.87. The van der Waals surface area contributed by atoms with Crippen LogP contribution >= 0.6 is 0 Å². The van der Waals surface area contributed by atoms with E-state index in [-0.39, 0.29) is 11.8 Å². The van der Waals surface area contributed by atoms with Gasteiger partial charge in [-0.05, 0) is 36.0 Å². The van der Waals surface area contributed by atoms with Crippen molar-refractivity contribution in [1.29, 1.82) is 0 Å². The van der Waals surface area contributed by atoms with Gasteiger partial charge in [0.15, 0.2) is 0 Å². The maximum atomic E-state index is 12.7. The molecule has 1 aliphatic rings. The highest BCUT2D eigenvalue weighted by molar-refractivity contribution is 5.77. The lowest BCUT2D eigenvalue weighted by Gasteiger charge is -2.30. The Morgan fingerprint density at radius 2 is 1.86 bits per heavy atom. The number of benzene rings is 2. The molecule has 1 fully saturated rings. The first-order chi connectivity index (χ1) is 13.4. The maximum absolute atomic E-state index is 12.7. The number of carbonyl (C=O) groups is 1. The molecule has 4 nitrogen and oxygen atoms in total. The van der Waals surface area contributed by atoms with Crippen molar-refractivity contribution in [3.8, 4) is 0 Å². The van der Waals surface area contributed by atoms with E-state index < -0.39 is 5.60 Å². The van der Waals surface area contributed by atoms with E-state index in [0.717, 1.165) is 13.1 Å². The van der Waals surface area contributed by atoms with Crippen LogP contribution in [0.25, 0.3) is 0 Å². The van der Waals surface area contributed by atoms with Gasteiger partial charge in [-0.2, -0.15) is 0 Å². The number of β-amino-alcohol motifs (C(OH)–C–C–N with tert-alkyl or cyclic N) is 1. The van der Waals surface area contributed by atoms with Crippen LogP contribution in [0.3, 0.4) is 0 Å².